The van der Waals surface area contributed by atoms with Crippen molar-refractivity contribution in [2.75, 3.05) is 6.79 Å². The Hall–Kier alpha value is -3.02. The summed E-state index contributed by atoms with van der Waals surface area (Å²) in [7, 11) is 0. The lowest BCUT2D eigenvalue weighted by atomic mass is 10.2. The largest absolute Gasteiger partial charge is 0.454 e. The first-order valence-corrected chi connectivity index (χ1v) is 7.81. The van der Waals surface area contributed by atoms with E-state index in [-0.39, 0.29) is 18.7 Å². The third-order valence-electron chi connectivity index (χ3n) is 4.15. The number of hydrogen-bond donors (Lipinski definition) is 1. The molecule has 1 aliphatic heterocycles. The number of aromatic nitrogens is 2. The number of carbonyl (C=O) groups excluding carboxylic acids is 1. The third-order valence-corrected chi connectivity index (χ3v) is 4.15. The fourth-order valence-electron chi connectivity index (χ4n) is 2.80. The van der Waals surface area contributed by atoms with Crippen LogP contribution >= 0.6 is 0 Å². The highest BCUT2D eigenvalue weighted by molar-refractivity contribution is 5.84. The van der Waals surface area contributed by atoms with E-state index in [1.807, 2.05) is 49.4 Å². The molecule has 24 heavy (non-hydrogen) atoms. The highest BCUT2D eigenvalue weighted by Crippen LogP contribution is 2.32. The lowest BCUT2D eigenvalue weighted by molar-refractivity contribution is -0.124. The molecule has 2 heterocycles. The highest BCUT2D eigenvalue weighted by Gasteiger charge is 2.18. The van der Waals surface area contributed by atoms with Gasteiger partial charge in [-0.3, -0.25) is 9.48 Å². The van der Waals surface area contributed by atoms with Crippen LogP contribution in [0.15, 0.2) is 48.7 Å². The number of ether oxygens (including phenoxy) is 2. The Morgan fingerprint density at radius 2 is 2.08 bits per heavy atom. The maximum absolute atomic E-state index is 12.5. The molecule has 1 aromatic heterocycles. The van der Waals surface area contributed by atoms with Gasteiger partial charge in [-0.1, -0.05) is 24.3 Å². The van der Waals surface area contributed by atoms with Crippen LogP contribution < -0.4 is 14.8 Å². The second-order valence-corrected chi connectivity index (χ2v) is 5.73. The van der Waals surface area contributed by atoms with Gasteiger partial charge in [0.2, 0.25) is 12.7 Å². The quantitative estimate of drug-likeness (QED) is 0.801. The van der Waals surface area contributed by atoms with Crippen LogP contribution in [0.3, 0.4) is 0 Å². The predicted molar refractivity (Wildman–Crippen MR) is 88.9 cm³/mol. The van der Waals surface area contributed by atoms with Gasteiger partial charge in [0, 0.05) is 11.9 Å². The summed E-state index contributed by atoms with van der Waals surface area (Å²) in [4.78, 5) is 12.5. The number of benzene rings is 2. The van der Waals surface area contributed by atoms with Gasteiger partial charge in [0.15, 0.2) is 11.5 Å². The Kier molecular flexibility index (Phi) is 3.57. The summed E-state index contributed by atoms with van der Waals surface area (Å²) in [5, 5.41) is 8.31. The van der Waals surface area contributed by atoms with Crippen LogP contribution in [0.4, 0.5) is 0 Å². The average molecular weight is 323 g/mol. The third kappa shape index (κ3) is 2.56. The molecular weight excluding hydrogens is 306 g/mol. The topological polar surface area (TPSA) is 65.4 Å². The van der Waals surface area contributed by atoms with E-state index in [1.165, 1.54) is 0 Å². The summed E-state index contributed by atoms with van der Waals surface area (Å²) in [5.74, 6) is 1.37. The van der Waals surface area contributed by atoms with Crippen molar-refractivity contribution in [3.63, 3.8) is 0 Å². The molecule has 0 spiro atoms. The number of fused-ring (bicyclic) bond motifs is 2. The molecule has 1 N–H and O–H groups in total. The first-order chi connectivity index (χ1) is 11.7. The van der Waals surface area contributed by atoms with Crippen LogP contribution in [0.1, 0.15) is 18.5 Å². The molecule has 2 aromatic carbocycles. The Morgan fingerprint density at radius 1 is 1.25 bits per heavy atom. The van der Waals surface area contributed by atoms with E-state index in [4.69, 9.17) is 9.47 Å². The first kappa shape index (κ1) is 14.6. The monoisotopic (exact) mass is 323 g/mol. The minimum Gasteiger partial charge on any atom is -0.454 e. The number of hydrogen-bond acceptors (Lipinski definition) is 4. The van der Waals surface area contributed by atoms with E-state index in [2.05, 4.69) is 10.4 Å². The minimum absolute atomic E-state index is 0.0819. The summed E-state index contributed by atoms with van der Waals surface area (Å²) < 4.78 is 12.4. The zero-order valence-corrected chi connectivity index (χ0v) is 13.2. The number of para-hydroxylation sites is 1. The van der Waals surface area contributed by atoms with Crippen molar-refractivity contribution in [3.05, 3.63) is 54.2 Å². The van der Waals surface area contributed by atoms with Gasteiger partial charge in [-0.2, -0.15) is 5.10 Å². The summed E-state index contributed by atoms with van der Waals surface area (Å²) in [5.41, 5.74) is 1.91. The minimum atomic E-state index is -0.390. The maximum Gasteiger partial charge on any atom is 0.244 e. The molecule has 0 radical (unpaired) electrons. The van der Waals surface area contributed by atoms with Crippen LogP contribution in [0, 0.1) is 0 Å². The average Bonchev–Trinajstić information content (AvgIpc) is 3.25. The molecule has 122 valence electrons. The number of nitrogens with zero attached hydrogens (tertiary/aromatic N) is 2. The fraction of sp³-hybridized carbons (Fsp3) is 0.222. The van der Waals surface area contributed by atoms with Crippen molar-refractivity contribution in [3.8, 4) is 11.5 Å². The van der Waals surface area contributed by atoms with E-state index in [0.717, 1.165) is 22.2 Å². The zero-order chi connectivity index (χ0) is 16.5. The molecule has 1 unspecified atom stereocenters. The molecule has 0 saturated heterocycles. The first-order valence-electron chi connectivity index (χ1n) is 7.81. The van der Waals surface area contributed by atoms with Crippen molar-refractivity contribution in [2.24, 2.45) is 0 Å². The Bertz CT molecular complexity index is 903. The second kappa shape index (κ2) is 5.88. The number of carbonyl (C=O) groups is 1. The molecule has 6 nitrogen and oxygen atoms in total. The van der Waals surface area contributed by atoms with Crippen LogP contribution in [-0.4, -0.2) is 22.5 Å². The van der Waals surface area contributed by atoms with Crippen LogP contribution in [0.25, 0.3) is 10.9 Å². The Morgan fingerprint density at radius 3 is 3.00 bits per heavy atom. The van der Waals surface area contributed by atoms with E-state index in [9.17, 15) is 4.79 Å². The van der Waals surface area contributed by atoms with Gasteiger partial charge in [0.25, 0.3) is 0 Å². The lowest BCUT2D eigenvalue weighted by Gasteiger charge is -2.14. The zero-order valence-electron chi connectivity index (χ0n) is 13.2. The molecular formula is C18H17N3O3. The Labute approximate surface area is 139 Å². The molecule has 1 amide bonds. The molecule has 0 saturated carbocycles. The van der Waals surface area contributed by atoms with Gasteiger partial charge in [0.05, 0.1) is 11.7 Å². The van der Waals surface area contributed by atoms with Gasteiger partial charge >= 0.3 is 0 Å². The number of rotatable bonds is 4. The molecule has 0 aliphatic carbocycles. The summed E-state index contributed by atoms with van der Waals surface area (Å²) in [6, 6.07) is 13.1. The Balaban J connectivity index is 1.46. The second-order valence-electron chi connectivity index (χ2n) is 5.73. The van der Waals surface area contributed by atoms with Crippen molar-refractivity contribution in [1.82, 2.24) is 15.1 Å². The summed E-state index contributed by atoms with van der Waals surface area (Å²) in [6.45, 7) is 2.52. The van der Waals surface area contributed by atoms with Crippen molar-refractivity contribution >= 4 is 16.8 Å². The molecule has 0 fully saturated rings. The van der Waals surface area contributed by atoms with Crippen molar-refractivity contribution < 1.29 is 14.3 Å². The normalized spacial score (nSPS) is 13.9. The van der Waals surface area contributed by atoms with Crippen LogP contribution in [-0.2, 0) is 11.3 Å². The smallest absolute Gasteiger partial charge is 0.244 e. The lowest BCUT2D eigenvalue weighted by Crippen LogP contribution is -2.31. The molecule has 1 aliphatic rings. The molecule has 0 bridgehead atoms. The van der Waals surface area contributed by atoms with Crippen LogP contribution in [0.2, 0.25) is 0 Å². The van der Waals surface area contributed by atoms with Gasteiger partial charge in [-0.15, -0.1) is 0 Å². The molecule has 3 aromatic rings. The van der Waals surface area contributed by atoms with Gasteiger partial charge < -0.3 is 14.8 Å². The van der Waals surface area contributed by atoms with E-state index < -0.39 is 0 Å². The van der Waals surface area contributed by atoms with Crippen molar-refractivity contribution in [2.45, 2.75) is 19.5 Å². The molecule has 4 rings (SSSR count). The fourth-order valence-corrected chi connectivity index (χ4v) is 2.80. The summed E-state index contributed by atoms with van der Waals surface area (Å²) >= 11 is 0. The van der Waals surface area contributed by atoms with E-state index in [1.54, 1.807) is 10.9 Å². The molecule has 1 atom stereocenters. The van der Waals surface area contributed by atoms with Crippen LogP contribution in [0.5, 0.6) is 11.5 Å². The van der Waals surface area contributed by atoms with E-state index in [0.29, 0.717) is 12.3 Å². The SMILES string of the molecule is CC(C(=O)NCc1ccc2c(c1)OCO2)n1ncc2ccccc21. The maximum atomic E-state index is 12.5. The van der Waals surface area contributed by atoms with Crippen molar-refractivity contribution in [1.29, 1.82) is 0 Å². The number of amides is 1. The highest BCUT2D eigenvalue weighted by atomic mass is 16.7. The number of nitrogens with one attached hydrogen (secondary N) is 1. The van der Waals surface area contributed by atoms with Gasteiger partial charge in [-0.05, 0) is 30.7 Å². The standard InChI is InChI=1S/C18H17N3O3/c1-12(21-15-5-3-2-4-14(15)10-20-21)18(22)19-9-13-6-7-16-17(8-13)24-11-23-16/h2-8,10,12H,9,11H2,1H3,(H,19,22). The predicted octanol–water partition coefficient (Wildman–Crippen LogP) is 2.64. The summed E-state index contributed by atoms with van der Waals surface area (Å²) in [6.07, 6.45) is 1.77. The van der Waals surface area contributed by atoms with Gasteiger partial charge in [0.1, 0.15) is 6.04 Å². The van der Waals surface area contributed by atoms with Gasteiger partial charge in [-0.25, -0.2) is 0 Å². The van der Waals surface area contributed by atoms with E-state index >= 15 is 0 Å². The molecule has 6 heteroatoms.